The molecular formula is C20H19N3O5. The number of ether oxygens (including phenoxy) is 4. The Morgan fingerprint density at radius 2 is 2.00 bits per heavy atom. The lowest BCUT2D eigenvalue weighted by atomic mass is 10.2. The lowest BCUT2D eigenvalue weighted by molar-refractivity contribution is -0.112. The van der Waals surface area contributed by atoms with Gasteiger partial charge in [0.2, 0.25) is 6.79 Å². The van der Waals surface area contributed by atoms with E-state index in [4.69, 9.17) is 18.9 Å². The van der Waals surface area contributed by atoms with Crippen LogP contribution in [0.15, 0.2) is 48.2 Å². The highest BCUT2D eigenvalue weighted by Crippen LogP contribution is 2.32. The zero-order valence-electron chi connectivity index (χ0n) is 15.4. The number of fused-ring (bicyclic) bond motifs is 1. The van der Waals surface area contributed by atoms with Crippen LogP contribution in [0.4, 0.5) is 5.69 Å². The van der Waals surface area contributed by atoms with E-state index in [-0.39, 0.29) is 12.4 Å². The normalized spacial score (nSPS) is 12.1. The second kappa shape index (κ2) is 8.68. The van der Waals surface area contributed by atoms with E-state index in [9.17, 15) is 10.1 Å². The van der Waals surface area contributed by atoms with Crippen molar-refractivity contribution < 1.29 is 23.7 Å². The van der Waals surface area contributed by atoms with Gasteiger partial charge in [-0.2, -0.15) is 5.26 Å². The summed E-state index contributed by atoms with van der Waals surface area (Å²) in [5, 5.41) is 14.9. The van der Waals surface area contributed by atoms with Gasteiger partial charge in [-0.3, -0.25) is 4.79 Å². The van der Waals surface area contributed by atoms with E-state index in [2.05, 4.69) is 10.6 Å². The maximum atomic E-state index is 12.4. The van der Waals surface area contributed by atoms with Gasteiger partial charge in [0.15, 0.2) is 11.5 Å². The predicted octanol–water partition coefficient (Wildman–Crippen LogP) is 2.57. The summed E-state index contributed by atoms with van der Waals surface area (Å²) in [6, 6.07) is 12.4. The highest BCUT2D eigenvalue weighted by Gasteiger charge is 2.14. The van der Waals surface area contributed by atoms with Crippen molar-refractivity contribution >= 4 is 11.6 Å². The van der Waals surface area contributed by atoms with E-state index >= 15 is 0 Å². The number of benzene rings is 2. The monoisotopic (exact) mass is 381 g/mol. The highest BCUT2D eigenvalue weighted by molar-refractivity contribution is 6.07. The molecule has 2 aromatic rings. The minimum atomic E-state index is -0.563. The molecule has 8 heteroatoms. The van der Waals surface area contributed by atoms with Crippen LogP contribution in [-0.2, 0) is 11.3 Å². The molecule has 0 aromatic heterocycles. The van der Waals surface area contributed by atoms with E-state index in [0.29, 0.717) is 35.2 Å². The molecule has 1 aliphatic heterocycles. The summed E-state index contributed by atoms with van der Waals surface area (Å²) in [6.07, 6.45) is 1.37. The molecule has 0 aliphatic carbocycles. The molecular weight excluding hydrogens is 362 g/mol. The Labute approximate surface area is 162 Å². The van der Waals surface area contributed by atoms with Gasteiger partial charge in [0.1, 0.15) is 23.1 Å². The third-order valence-corrected chi connectivity index (χ3v) is 4.01. The predicted molar refractivity (Wildman–Crippen MR) is 101 cm³/mol. The topological polar surface area (TPSA) is 102 Å². The molecule has 3 rings (SSSR count). The van der Waals surface area contributed by atoms with Crippen molar-refractivity contribution in [1.29, 1.82) is 5.26 Å². The number of amides is 1. The Morgan fingerprint density at radius 1 is 1.18 bits per heavy atom. The maximum Gasteiger partial charge on any atom is 0.267 e. The molecule has 2 aromatic carbocycles. The molecule has 1 heterocycles. The molecule has 0 saturated heterocycles. The third kappa shape index (κ3) is 4.27. The lowest BCUT2D eigenvalue weighted by Crippen LogP contribution is -2.17. The van der Waals surface area contributed by atoms with Gasteiger partial charge < -0.3 is 29.6 Å². The molecule has 0 saturated carbocycles. The molecule has 28 heavy (non-hydrogen) atoms. The fraction of sp³-hybridized carbons (Fsp3) is 0.200. The molecule has 0 radical (unpaired) electrons. The number of nitriles is 1. The van der Waals surface area contributed by atoms with Crippen LogP contribution in [0.5, 0.6) is 23.0 Å². The van der Waals surface area contributed by atoms with Gasteiger partial charge in [-0.15, -0.1) is 0 Å². The second-order valence-electron chi connectivity index (χ2n) is 5.76. The average Bonchev–Trinajstić information content (AvgIpc) is 3.19. The largest absolute Gasteiger partial charge is 0.497 e. The summed E-state index contributed by atoms with van der Waals surface area (Å²) in [5.41, 5.74) is 1.25. The minimum absolute atomic E-state index is 0.0781. The van der Waals surface area contributed by atoms with E-state index in [1.54, 1.807) is 18.2 Å². The molecule has 144 valence electrons. The first-order chi connectivity index (χ1) is 13.6. The summed E-state index contributed by atoms with van der Waals surface area (Å²) >= 11 is 0. The molecule has 1 amide bonds. The number of hydrogen-bond donors (Lipinski definition) is 2. The van der Waals surface area contributed by atoms with Gasteiger partial charge in [-0.1, -0.05) is 6.07 Å². The standard InChI is InChI=1S/C20H19N3O5/c1-25-15-4-6-17(26-2)16(8-15)23-20(24)14(9-21)11-22-10-13-3-5-18-19(7-13)28-12-27-18/h3-8,11,22H,10,12H2,1-2H3,(H,23,24)/b14-11-. The maximum absolute atomic E-state index is 12.4. The summed E-state index contributed by atoms with van der Waals surface area (Å²) < 4.78 is 21.0. The molecule has 0 fully saturated rings. The van der Waals surface area contributed by atoms with Crippen molar-refractivity contribution in [1.82, 2.24) is 5.32 Å². The Balaban J connectivity index is 1.66. The number of methoxy groups -OCH3 is 2. The third-order valence-electron chi connectivity index (χ3n) is 4.01. The number of anilines is 1. The van der Waals surface area contributed by atoms with Gasteiger partial charge >= 0.3 is 0 Å². The quantitative estimate of drug-likeness (QED) is 0.561. The van der Waals surface area contributed by atoms with E-state index in [1.165, 1.54) is 20.4 Å². The number of hydrogen-bond acceptors (Lipinski definition) is 7. The smallest absolute Gasteiger partial charge is 0.267 e. The van der Waals surface area contributed by atoms with Crippen LogP contribution < -0.4 is 29.6 Å². The molecule has 0 unspecified atom stereocenters. The van der Waals surface area contributed by atoms with Crippen LogP contribution in [0.1, 0.15) is 5.56 Å². The SMILES string of the molecule is COc1ccc(OC)c(NC(=O)/C(C#N)=C\NCc2ccc3c(c2)OCO3)c1. The first kappa shape index (κ1) is 18.9. The zero-order chi connectivity index (χ0) is 19.9. The van der Waals surface area contributed by atoms with Crippen LogP contribution in [0.25, 0.3) is 0 Å². The van der Waals surface area contributed by atoms with Crippen molar-refractivity contribution in [2.75, 3.05) is 26.3 Å². The minimum Gasteiger partial charge on any atom is -0.497 e. The van der Waals surface area contributed by atoms with Crippen LogP contribution in [0, 0.1) is 11.3 Å². The Morgan fingerprint density at radius 3 is 2.75 bits per heavy atom. The number of nitrogens with one attached hydrogen (secondary N) is 2. The van der Waals surface area contributed by atoms with E-state index in [1.807, 2.05) is 24.3 Å². The second-order valence-corrected chi connectivity index (χ2v) is 5.76. The van der Waals surface area contributed by atoms with Gasteiger partial charge in [0, 0.05) is 18.8 Å². The summed E-state index contributed by atoms with van der Waals surface area (Å²) in [4.78, 5) is 12.4. The van der Waals surface area contributed by atoms with E-state index in [0.717, 1.165) is 5.56 Å². The fourth-order valence-corrected chi connectivity index (χ4v) is 2.57. The van der Waals surface area contributed by atoms with E-state index < -0.39 is 5.91 Å². The van der Waals surface area contributed by atoms with Crippen molar-refractivity contribution in [3.05, 3.63) is 53.7 Å². The molecule has 0 bridgehead atoms. The Hall–Kier alpha value is -3.86. The van der Waals surface area contributed by atoms with Crippen LogP contribution in [0.3, 0.4) is 0 Å². The summed E-state index contributed by atoms with van der Waals surface area (Å²) in [6.45, 7) is 0.621. The highest BCUT2D eigenvalue weighted by atomic mass is 16.7. The van der Waals surface area contributed by atoms with Crippen LogP contribution in [0.2, 0.25) is 0 Å². The number of carbonyl (C=O) groups excluding carboxylic acids is 1. The van der Waals surface area contributed by atoms with Gasteiger partial charge in [-0.05, 0) is 29.8 Å². The molecule has 0 atom stereocenters. The lowest BCUT2D eigenvalue weighted by Gasteiger charge is -2.11. The molecule has 2 N–H and O–H groups in total. The Bertz CT molecular complexity index is 949. The van der Waals surface area contributed by atoms with Crippen molar-refractivity contribution in [3.63, 3.8) is 0 Å². The molecule has 1 aliphatic rings. The van der Waals surface area contributed by atoms with Crippen molar-refractivity contribution in [2.24, 2.45) is 0 Å². The summed E-state index contributed by atoms with van der Waals surface area (Å²) in [5.74, 6) is 1.82. The van der Waals surface area contributed by atoms with Gasteiger partial charge in [-0.25, -0.2) is 0 Å². The molecule has 0 spiro atoms. The number of carbonyl (C=O) groups is 1. The first-order valence-electron chi connectivity index (χ1n) is 8.40. The van der Waals surface area contributed by atoms with Crippen molar-refractivity contribution in [2.45, 2.75) is 6.54 Å². The first-order valence-corrected chi connectivity index (χ1v) is 8.40. The van der Waals surface area contributed by atoms with Gasteiger partial charge in [0.25, 0.3) is 5.91 Å². The zero-order valence-corrected chi connectivity index (χ0v) is 15.4. The van der Waals surface area contributed by atoms with Crippen LogP contribution in [-0.4, -0.2) is 26.9 Å². The Kier molecular flexibility index (Phi) is 5.87. The summed E-state index contributed by atoms with van der Waals surface area (Å²) in [7, 11) is 3.01. The molecule has 8 nitrogen and oxygen atoms in total. The number of rotatable bonds is 7. The van der Waals surface area contributed by atoms with Gasteiger partial charge in [0.05, 0.1) is 19.9 Å². The number of nitrogens with zero attached hydrogens (tertiary/aromatic N) is 1. The van der Waals surface area contributed by atoms with Crippen LogP contribution >= 0.6 is 0 Å². The fourth-order valence-electron chi connectivity index (χ4n) is 2.57. The average molecular weight is 381 g/mol. The van der Waals surface area contributed by atoms with Crippen molar-refractivity contribution in [3.8, 4) is 29.1 Å².